The van der Waals surface area contributed by atoms with Gasteiger partial charge in [-0.15, -0.1) is 11.3 Å². The number of nitro benzene ring substituents is 1. The maximum atomic E-state index is 12.7. The summed E-state index contributed by atoms with van der Waals surface area (Å²) in [6.07, 6.45) is 0. The van der Waals surface area contributed by atoms with E-state index in [0.29, 0.717) is 44.4 Å². The summed E-state index contributed by atoms with van der Waals surface area (Å²) in [5.41, 5.74) is -0.0414. The zero-order valence-corrected chi connectivity index (χ0v) is 15.7. The quantitative estimate of drug-likeness (QED) is 0.480. The molecule has 4 rings (SSSR count). The Morgan fingerprint density at radius 1 is 1.18 bits per heavy atom. The van der Waals surface area contributed by atoms with Crippen LogP contribution in [0.1, 0.15) is 16.2 Å². The number of amides is 1. The average Bonchev–Trinajstić information content (AvgIpc) is 3.40. The van der Waals surface area contributed by atoms with Crippen LogP contribution in [0, 0.1) is 10.1 Å². The van der Waals surface area contributed by atoms with Gasteiger partial charge in [-0.1, -0.05) is 23.4 Å². The van der Waals surface area contributed by atoms with Crippen LogP contribution in [0.4, 0.5) is 5.69 Å². The molecule has 1 aliphatic rings. The van der Waals surface area contributed by atoms with Crippen molar-refractivity contribution in [2.24, 2.45) is 0 Å². The monoisotopic (exact) mass is 399 g/mol. The molecule has 144 valence electrons. The molecule has 0 aliphatic carbocycles. The van der Waals surface area contributed by atoms with Gasteiger partial charge in [-0.05, 0) is 17.5 Å². The second kappa shape index (κ2) is 7.87. The molecule has 9 nitrogen and oxygen atoms in total. The molecule has 1 aromatic carbocycles. The third-order valence-electron chi connectivity index (χ3n) is 4.56. The predicted octanol–water partition coefficient (Wildman–Crippen LogP) is 2.66. The number of hydrogen-bond donors (Lipinski definition) is 0. The van der Waals surface area contributed by atoms with Gasteiger partial charge in [-0.25, -0.2) is 0 Å². The van der Waals surface area contributed by atoms with Crippen LogP contribution in [0.25, 0.3) is 10.7 Å². The first kappa shape index (κ1) is 18.3. The summed E-state index contributed by atoms with van der Waals surface area (Å²) >= 11 is 1.55. The number of nitrogens with zero attached hydrogens (tertiary/aromatic N) is 5. The summed E-state index contributed by atoms with van der Waals surface area (Å²) in [4.78, 5) is 32.5. The lowest BCUT2D eigenvalue weighted by atomic mass is 10.1. The van der Waals surface area contributed by atoms with Crippen LogP contribution in [-0.2, 0) is 6.54 Å². The zero-order chi connectivity index (χ0) is 19.5. The smallest absolute Gasteiger partial charge is 0.282 e. The van der Waals surface area contributed by atoms with Crippen LogP contribution in [-0.4, -0.2) is 56.9 Å². The fraction of sp³-hybridized carbons (Fsp3) is 0.278. The van der Waals surface area contributed by atoms with Crippen LogP contribution in [0.2, 0.25) is 0 Å². The Morgan fingerprint density at radius 2 is 1.96 bits per heavy atom. The molecule has 1 fully saturated rings. The first-order valence-electron chi connectivity index (χ1n) is 8.73. The fourth-order valence-corrected chi connectivity index (χ4v) is 3.76. The molecule has 0 unspecified atom stereocenters. The molecule has 28 heavy (non-hydrogen) atoms. The van der Waals surface area contributed by atoms with E-state index in [1.165, 1.54) is 12.1 Å². The number of aromatic nitrogens is 2. The maximum Gasteiger partial charge on any atom is 0.282 e. The molecule has 3 aromatic rings. The molecule has 10 heteroatoms. The van der Waals surface area contributed by atoms with E-state index < -0.39 is 4.92 Å². The highest BCUT2D eigenvalue weighted by atomic mass is 32.1. The summed E-state index contributed by atoms with van der Waals surface area (Å²) in [5, 5.41) is 17.1. The highest BCUT2D eigenvalue weighted by Gasteiger charge is 2.27. The fourth-order valence-electron chi connectivity index (χ4n) is 3.11. The molecule has 0 N–H and O–H groups in total. The Labute approximate surface area is 164 Å². The summed E-state index contributed by atoms with van der Waals surface area (Å²) in [5.74, 6) is 0.793. The Morgan fingerprint density at radius 3 is 2.68 bits per heavy atom. The van der Waals surface area contributed by atoms with Crippen molar-refractivity contribution in [1.82, 2.24) is 19.9 Å². The van der Waals surface area contributed by atoms with Crippen LogP contribution < -0.4 is 0 Å². The van der Waals surface area contributed by atoms with E-state index in [0.717, 1.165) is 4.88 Å². The molecule has 2 aromatic heterocycles. The first-order chi connectivity index (χ1) is 13.6. The van der Waals surface area contributed by atoms with Gasteiger partial charge in [0.05, 0.1) is 16.3 Å². The molecule has 1 aliphatic heterocycles. The van der Waals surface area contributed by atoms with Crippen molar-refractivity contribution in [3.8, 4) is 10.7 Å². The van der Waals surface area contributed by atoms with Gasteiger partial charge in [-0.2, -0.15) is 4.98 Å². The minimum Gasteiger partial charge on any atom is -0.338 e. The van der Waals surface area contributed by atoms with E-state index >= 15 is 0 Å². The van der Waals surface area contributed by atoms with Crippen molar-refractivity contribution in [2.45, 2.75) is 6.54 Å². The Bertz CT molecular complexity index is 980. The van der Waals surface area contributed by atoms with Crippen LogP contribution in [0.5, 0.6) is 0 Å². The van der Waals surface area contributed by atoms with Gasteiger partial charge in [0, 0.05) is 32.2 Å². The maximum absolute atomic E-state index is 12.7. The van der Waals surface area contributed by atoms with Crippen molar-refractivity contribution < 1.29 is 14.2 Å². The van der Waals surface area contributed by atoms with E-state index in [4.69, 9.17) is 4.52 Å². The molecule has 0 atom stereocenters. The van der Waals surface area contributed by atoms with E-state index in [-0.39, 0.29) is 17.2 Å². The molecule has 0 radical (unpaired) electrons. The summed E-state index contributed by atoms with van der Waals surface area (Å²) < 4.78 is 5.33. The summed E-state index contributed by atoms with van der Waals surface area (Å²) in [6, 6.07) is 9.91. The summed E-state index contributed by atoms with van der Waals surface area (Å²) in [7, 11) is 0. The Hall–Kier alpha value is -3.11. The second-order valence-electron chi connectivity index (χ2n) is 6.33. The number of carbonyl (C=O) groups is 1. The molecule has 1 saturated heterocycles. The third kappa shape index (κ3) is 3.78. The van der Waals surface area contributed by atoms with Gasteiger partial charge in [0.2, 0.25) is 11.7 Å². The van der Waals surface area contributed by atoms with E-state index in [2.05, 4.69) is 15.0 Å². The van der Waals surface area contributed by atoms with Gasteiger partial charge < -0.3 is 9.42 Å². The Balaban J connectivity index is 1.36. The van der Waals surface area contributed by atoms with Crippen molar-refractivity contribution in [3.63, 3.8) is 0 Å². The number of rotatable bonds is 5. The van der Waals surface area contributed by atoms with Crippen molar-refractivity contribution in [3.05, 3.63) is 63.3 Å². The normalized spacial score (nSPS) is 14.9. The Kier molecular flexibility index (Phi) is 5.13. The van der Waals surface area contributed by atoms with Crippen LogP contribution >= 0.6 is 11.3 Å². The van der Waals surface area contributed by atoms with E-state index in [1.54, 1.807) is 28.4 Å². The molecule has 1 amide bonds. The highest BCUT2D eigenvalue weighted by molar-refractivity contribution is 7.13. The average molecular weight is 399 g/mol. The van der Waals surface area contributed by atoms with E-state index in [1.807, 2.05) is 17.5 Å². The van der Waals surface area contributed by atoms with Gasteiger partial charge in [0.25, 0.3) is 11.6 Å². The highest BCUT2D eigenvalue weighted by Crippen LogP contribution is 2.23. The zero-order valence-electron chi connectivity index (χ0n) is 14.9. The number of nitro groups is 1. The summed E-state index contributed by atoms with van der Waals surface area (Å²) in [6.45, 7) is 2.73. The minimum absolute atomic E-state index is 0.124. The van der Waals surface area contributed by atoms with Crippen molar-refractivity contribution in [1.29, 1.82) is 0 Å². The van der Waals surface area contributed by atoms with Gasteiger partial charge in [0.1, 0.15) is 5.56 Å². The molecule has 0 bridgehead atoms. The van der Waals surface area contributed by atoms with Gasteiger partial charge in [-0.3, -0.25) is 19.8 Å². The van der Waals surface area contributed by atoms with Crippen molar-refractivity contribution in [2.75, 3.05) is 26.2 Å². The van der Waals surface area contributed by atoms with Crippen LogP contribution in [0.3, 0.4) is 0 Å². The topological polar surface area (TPSA) is 106 Å². The molecule has 0 spiro atoms. The molecule has 0 saturated carbocycles. The SMILES string of the molecule is O=C(c1ccccc1[N+](=O)[O-])N1CCN(Cc2nc(-c3cccs3)no2)CC1. The van der Waals surface area contributed by atoms with Gasteiger partial charge >= 0.3 is 0 Å². The third-order valence-corrected chi connectivity index (χ3v) is 5.42. The van der Waals surface area contributed by atoms with Gasteiger partial charge in [0.15, 0.2) is 0 Å². The predicted molar refractivity (Wildman–Crippen MR) is 102 cm³/mol. The number of benzene rings is 1. The standard InChI is InChI=1S/C18H17N5O4S/c24-18(13-4-1-2-5-14(13)23(25)26)22-9-7-21(8-10-22)12-16-19-17(20-27-16)15-6-3-11-28-15/h1-6,11H,7-10,12H2. The molecular weight excluding hydrogens is 382 g/mol. The second-order valence-corrected chi connectivity index (χ2v) is 7.28. The minimum atomic E-state index is -0.524. The number of hydrogen-bond acceptors (Lipinski definition) is 8. The number of piperazine rings is 1. The first-order valence-corrected chi connectivity index (χ1v) is 9.61. The van der Waals surface area contributed by atoms with Crippen LogP contribution in [0.15, 0.2) is 46.3 Å². The number of carbonyl (C=O) groups excluding carboxylic acids is 1. The molecular formula is C18H17N5O4S. The lowest BCUT2D eigenvalue weighted by Crippen LogP contribution is -2.48. The largest absolute Gasteiger partial charge is 0.338 e. The lowest BCUT2D eigenvalue weighted by Gasteiger charge is -2.33. The van der Waals surface area contributed by atoms with E-state index in [9.17, 15) is 14.9 Å². The molecule has 3 heterocycles. The lowest BCUT2D eigenvalue weighted by molar-refractivity contribution is -0.385. The van der Waals surface area contributed by atoms with Crippen molar-refractivity contribution >= 4 is 22.9 Å². The number of thiophene rings is 1. The number of para-hydroxylation sites is 1.